The Morgan fingerprint density at radius 2 is 2.12 bits per heavy atom. The minimum absolute atomic E-state index is 0.169. The van der Waals surface area contributed by atoms with Crippen molar-refractivity contribution in [3.05, 3.63) is 61.8 Å². The normalized spacial score (nSPS) is 16.5. The fraction of sp³-hybridized carbons (Fsp3) is 0.0714. The van der Waals surface area contributed by atoms with Gasteiger partial charge in [0.05, 0.1) is 3.79 Å². The van der Waals surface area contributed by atoms with Crippen LogP contribution in [-0.4, -0.2) is 5.78 Å². The van der Waals surface area contributed by atoms with Crippen molar-refractivity contribution in [2.24, 2.45) is 0 Å². The first-order valence-corrected chi connectivity index (χ1v) is 6.98. The first-order chi connectivity index (χ1) is 8.24. The largest absolute Gasteiger partial charge is 0.289 e. The third kappa shape index (κ3) is 2.01. The van der Waals surface area contributed by atoms with Crippen LogP contribution in [0, 0.1) is 0 Å². The molecule has 0 fully saturated rings. The molecule has 3 rings (SSSR count). The Morgan fingerprint density at radius 3 is 2.82 bits per heavy atom. The van der Waals surface area contributed by atoms with E-state index in [1.165, 1.54) is 0 Å². The highest BCUT2D eigenvalue weighted by atomic mass is 79.9. The van der Waals surface area contributed by atoms with Crippen LogP contribution in [0.4, 0.5) is 0 Å². The Hall–Kier alpha value is -1.19. The number of carbonyl (C=O) groups excluding carboxylic acids is 1. The van der Waals surface area contributed by atoms with Crippen molar-refractivity contribution in [1.82, 2.24) is 0 Å². The van der Waals surface area contributed by atoms with E-state index in [0.29, 0.717) is 0 Å². The quantitative estimate of drug-likeness (QED) is 0.717. The van der Waals surface area contributed by atoms with Crippen molar-refractivity contribution >= 4 is 39.1 Å². The van der Waals surface area contributed by atoms with E-state index in [2.05, 4.69) is 15.9 Å². The van der Waals surface area contributed by atoms with Gasteiger partial charge >= 0.3 is 0 Å². The summed E-state index contributed by atoms with van der Waals surface area (Å²) < 4.78 is 1.09. The van der Waals surface area contributed by atoms with E-state index in [1.807, 2.05) is 41.8 Å². The molecule has 0 atom stereocenters. The number of thiophene rings is 1. The molecule has 1 heterocycles. The average molecular weight is 305 g/mol. The van der Waals surface area contributed by atoms with Crippen LogP contribution in [0.2, 0.25) is 0 Å². The molecule has 0 saturated carbocycles. The molecule has 1 aromatic heterocycles. The fourth-order valence-electron chi connectivity index (χ4n) is 2.07. The summed E-state index contributed by atoms with van der Waals surface area (Å²) in [6.07, 6.45) is 2.74. The van der Waals surface area contributed by atoms with Gasteiger partial charge < -0.3 is 0 Å². The molecule has 1 aliphatic carbocycles. The minimum Gasteiger partial charge on any atom is -0.289 e. The molecule has 0 amide bonds. The van der Waals surface area contributed by atoms with E-state index in [9.17, 15) is 4.79 Å². The number of rotatable bonds is 1. The van der Waals surface area contributed by atoms with Gasteiger partial charge in [-0.2, -0.15) is 0 Å². The maximum atomic E-state index is 12.1. The third-order valence-corrected chi connectivity index (χ3v) is 4.39. The van der Waals surface area contributed by atoms with E-state index in [0.717, 1.165) is 32.5 Å². The number of benzene rings is 1. The van der Waals surface area contributed by atoms with Crippen molar-refractivity contribution in [2.75, 3.05) is 0 Å². The molecule has 0 aliphatic heterocycles. The van der Waals surface area contributed by atoms with Crippen LogP contribution in [-0.2, 0) is 6.42 Å². The molecule has 3 heteroatoms. The molecular formula is C14H9BrOS. The maximum Gasteiger partial charge on any atom is 0.189 e. The summed E-state index contributed by atoms with van der Waals surface area (Å²) >= 11 is 5.06. The van der Waals surface area contributed by atoms with E-state index < -0.39 is 0 Å². The predicted molar refractivity (Wildman–Crippen MR) is 74.5 cm³/mol. The van der Waals surface area contributed by atoms with Crippen LogP contribution in [0.15, 0.2) is 45.1 Å². The number of Topliss-reactive ketones (excluding diaryl/α,β-unsaturated/α-hetero) is 1. The maximum absolute atomic E-state index is 12.1. The van der Waals surface area contributed by atoms with Crippen molar-refractivity contribution in [3.8, 4) is 0 Å². The minimum atomic E-state index is 0.169. The molecule has 0 N–H and O–H groups in total. The van der Waals surface area contributed by atoms with Gasteiger partial charge in [0.2, 0.25) is 0 Å². The molecule has 0 spiro atoms. The molecule has 0 radical (unpaired) electrons. The molecule has 84 valence electrons. The van der Waals surface area contributed by atoms with Crippen LogP contribution < -0.4 is 0 Å². The van der Waals surface area contributed by atoms with E-state index >= 15 is 0 Å². The molecule has 17 heavy (non-hydrogen) atoms. The lowest BCUT2D eigenvalue weighted by atomic mass is 10.1. The smallest absolute Gasteiger partial charge is 0.189 e. The Balaban J connectivity index is 1.99. The van der Waals surface area contributed by atoms with Crippen LogP contribution in [0.3, 0.4) is 0 Å². The highest BCUT2D eigenvalue weighted by Gasteiger charge is 2.23. The number of hydrogen-bond acceptors (Lipinski definition) is 2. The first kappa shape index (κ1) is 10.9. The Kier molecular flexibility index (Phi) is 2.73. The van der Waals surface area contributed by atoms with Crippen LogP contribution in [0.1, 0.15) is 21.5 Å². The Labute approximate surface area is 112 Å². The predicted octanol–water partition coefficient (Wildman–Crippen LogP) is 4.33. The van der Waals surface area contributed by atoms with Gasteiger partial charge in [0.1, 0.15) is 0 Å². The zero-order valence-corrected chi connectivity index (χ0v) is 11.3. The molecule has 1 aromatic carbocycles. The van der Waals surface area contributed by atoms with Gasteiger partial charge in [0.25, 0.3) is 0 Å². The summed E-state index contributed by atoms with van der Waals surface area (Å²) in [7, 11) is 0. The van der Waals surface area contributed by atoms with E-state index in [1.54, 1.807) is 11.3 Å². The molecule has 1 aliphatic rings. The van der Waals surface area contributed by atoms with Crippen molar-refractivity contribution in [3.63, 3.8) is 0 Å². The summed E-state index contributed by atoms with van der Waals surface area (Å²) in [6.45, 7) is 0. The SMILES string of the molecule is O=C1/C(=C/c2csc(Br)c2)Cc2ccccc21. The summed E-state index contributed by atoms with van der Waals surface area (Å²) in [5.74, 6) is 0.169. The van der Waals surface area contributed by atoms with Gasteiger partial charge in [-0.15, -0.1) is 11.3 Å². The van der Waals surface area contributed by atoms with Gasteiger partial charge in [0.15, 0.2) is 5.78 Å². The summed E-state index contributed by atoms with van der Waals surface area (Å²) in [5.41, 5.74) is 3.97. The van der Waals surface area contributed by atoms with Gasteiger partial charge in [-0.1, -0.05) is 24.3 Å². The molecular weight excluding hydrogens is 296 g/mol. The van der Waals surface area contributed by atoms with E-state index in [-0.39, 0.29) is 5.78 Å². The molecule has 1 nitrogen and oxygen atoms in total. The van der Waals surface area contributed by atoms with Crippen molar-refractivity contribution in [1.29, 1.82) is 0 Å². The number of ketones is 1. The number of hydrogen-bond donors (Lipinski definition) is 0. The number of halogens is 1. The summed E-state index contributed by atoms with van der Waals surface area (Å²) in [5, 5.41) is 2.05. The Bertz CT molecular complexity index is 625. The highest BCUT2D eigenvalue weighted by Crippen LogP contribution is 2.29. The van der Waals surface area contributed by atoms with Crippen molar-refractivity contribution in [2.45, 2.75) is 6.42 Å². The van der Waals surface area contributed by atoms with Gasteiger partial charge in [-0.05, 0) is 44.6 Å². The Morgan fingerprint density at radius 1 is 1.29 bits per heavy atom. The van der Waals surface area contributed by atoms with Gasteiger partial charge in [-0.3, -0.25) is 4.79 Å². The zero-order valence-electron chi connectivity index (χ0n) is 8.94. The van der Waals surface area contributed by atoms with Crippen molar-refractivity contribution < 1.29 is 4.79 Å². The first-order valence-electron chi connectivity index (χ1n) is 5.31. The second kappa shape index (κ2) is 4.24. The standard InChI is InChI=1S/C14H9BrOS/c15-13-6-9(8-17-13)5-11-7-10-3-1-2-4-12(10)14(11)16/h1-6,8H,7H2/b11-5+. The van der Waals surface area contributed by atoms with Crippen LogP contribution in [0.25, 0.3) is 6.08 Å². The monoisotopic (exact) mass is 304 g/mol. The number of fused-ring (bicyclic) bond motifs is 1. The number of carbonyl (C=O) groups is 1. The van der Waals surface area contributed by atoms with E-state index in [4.69, 9.17) is 0 Å². The topological polar surface area (TPSA) is 17.1 Å². The molecule has 0 saturated heterocycles. The second-order valence-electron chi connectivity index (χ2n) is 4.02. The third-order valence-electron chi connectivity index (χ3n) is 2.86. The molecule has 2 aromatic rings. The lowest BCUT2D eigenvalue weighted by molar-refractivity contribution is 0.104. The second-order valence-corrected chi connectivity index (χ2v) is 6.31. The number of allylic oxidation sites excluding steroid dienone is 1. The zero-order chi connectivity index (χ0) is 11.8. The average Bonchev–Trinajstić information content (AvgIpc) is 2.86. The highest BCUT2D eigenvalue weighted by molar-refractivity contribution is 9.11. The molecule has 0 unspecified atom stereocenters. The lowest BCUT2D eigenvalue weighted by Crippen LogP contribution is -1.94. The fourth-order valence-corrected chi connectivity index (χ4v) is 3.20. The summed E-state index contributed by atoms with van der Waals surface area (Å²) in [4.78, 5) is 12.1. The lowest BCUT2D eigenvalue weighted by Gasteiger charge is -1.92. The van der Waals surface area contributed by atoms with Crippen LogP contribution >= 0.6 is 27.3 Å². The van der Waals surface area contributed by atoms with Gasteiger partial charge in [0, 0.05) is 17.6 Å². The summed E-state index contributed by atoms with van der Waals surface area (Å²) in [6, 6.07) is 9.87. The van der Waals surface area contributed by atoms with Crippen LogP contribution in [0.5, 0.6) is 0 Å². The molecule has 0 bridgehead atoms. The van der Waals surface area contributed by atoms with Gasteiger partial charge in [-0.25, -0.2) is 0 Å².